The van der Waals surface area contributed by atoms with Crippen LogP contribution in [0.25, 0.3) is 0 Å². The van der Waals surface area contributed by atoms with Crippen LogP contribution >= 0.6 is 0 Å². The average molecular weight is 386 g/mol. The lowest BCUT2D eigenvalue weighted by Crippen LogP contribution is -2.44. The van der Waals surface area contributed by atoms with Gasteiger partial charge in [0.05, 0.1) is 12.6 Å². The van der Waals surface area contributed by atoms with Crippen molar-refractivity contribution in [1.82, 2.24) is 10.2 Å². The van der Waals surface area contributed by atoms with Crippen LogP contribution in [0.4, 0.5) is 18.0 Å². The molecule has 1 atom stereocenters. The fraction of sp³-hybridized carbons (Fsp3) is 0.556. The van der Waals surface area contributed by atoms with Crippen molar-refractivity contribution in [3.05, 3.63) is 29.8 Å². The molecule has 148 valence electrons. The summed E-state index contributed by atoms with van der Waals surface area (Å²) in [5, 5.41) is 3.03. The molecule has 0 unspecified atom stereocenters. The maximum absolute atomic E-state index is 12.6. The van der Waals surface area contributed by atoms with Gasteiger partial charge in [-0.15, -0.1) is 0 Å². The standard InChI is InChI=1S/C18H21F3N2O4/c19-18(20,21)11-27-17(25)23-8-5-12(6-9-23)16(24)22-14-7-10-26-15-4-2-1-3-13(14)15/h1-4,12,14H,5-11H2,(H,22,24)/t14-/m1/s1. The van der Waals surface area contributed by atoms with Gasteiger partial charge in [-0.05, 0) is 18.9 Å². The first-order valence-electron chi connectivity index (χ1n) is 8.84. The highest BCUT2D eigenvalue weighted by Crippen LogP contribution is 2.32. The first-order chi connectivity index (χ1) is 12.8. The van der Waals surface area contributed by atoms with E-state index in [1.165, 1.54) is 4.90 Å². The van der Waals surface area contributed by atoms with Crippen LogP contribution in [-0.4, -0.2) is 49.4 Å². The van der Waals surface area contributed by atoms with E-state index in [2.05, 4.69) is 10.1 Å². The lowest BCUT2D eigenvalue weighted by Gasteiger charge is -2.32. The number of piperidine rings is 1. The monoisotopic (exact) mass is 386 g/mol. The highest BCUT2D eigenvalue weighted by Gasteiger charge is 2.33. The molecule has 2 aliphatic heterocycles. The topological polar surface area (TPSA) is 67.9 Å². The normalized spacial score (nSPS) is 20.4. The molecule has 27 heavy (non-hydrogen) atoms. The molecule has 0 bridgehead atoms. The Balaban J connectivity index is 1.49. The van der Waals surface area contributed by atoms with Gasteiger partial charge in [0.25, 0.3) is 0 Å². The van der Waals surface area contributed by atoms with Gasteiger partial charge >= 0.3 is 12.3 Å². The van der Waals surface area contributed by atoms with Crippen molar-refractivity contribution in [2.75, 3.05) is 26.3 Å². The Kier molecular flexibility index (Phi) is 5.76. The van der Waals surface area contributed by atoms with Crippen molar-refractivity contribution >= 4 is 12.0 Å². The Hall–Kier alpha value is -2.45. The largest absolute Gasteiger partial charge is 0.493 e. The lowest BCUT2D eigenvalue weighted by atomic mass is 9.94. The molecule has 2 amide bonds. The minimum atomic E-state index is -4.55. The molecule has 3 rings (SSSR count). The summed E-state index contributed by atoms with van der Waals surface area (Å²) in [4.78, 5) is 25.4. The first-order valence-corrected chi connectivity index (χ1v) is 8.84. The summed E-state index contributed by atoms with van der Waals surface area (Å²) in [5.74, 6) is 0.364. The third-order valence-corrected chi connectivity index (χ3v) is 4.76. The Morgan fingerprint density at radius 1 is 1.19 bits per heavy atom. The number of nitrogens with one attached hydrogen (secondary N) is 1. The molecular weight excluding hydrogens is 365 g/mol. The van der Waals surface area contributed by atoms with Gasteiger partial charge in [-0.25, -0.2) is 4.79 Å². The molecule has 0 saturated carbocycles. The van der Waals surface area contributed by atoms with Crippen molar-refractivity contribution in [2.24, 2.45) is 5.92 Å². The van der Waals surface area contributed by atoms with E-state index in [1.54, 1.807) is 0 Å². The number of benzene rings is 1. The highest BCUT2D eigenvalue weighted by atomic mass is 19.4. The van der Waals surface area contributed by atoms with Crippen LogP contribution in [0.1, 0.15) is 30.9 Å². The molecule has 0 spiro atoms. The molecule has 2 heterocycles. The number of carbonyl (C=O) groups is 2. The number of hydrogen-bond donors (Lipinski definition) is 1. The minimum Gasteiger partial charge on any atom is -0.493 e. The summed E-state index contributed by atoms with van der Waals surface area (Å²) in [6.45, 7) is -0.695. The van der Waals surface area contributed by atoms with E-state index >= 15 is 0 Å². The maximum Gasteiger partial charge on any atom is 0.422 e. The van der Waals surface area contributed by atoms with Crippen LogP contribution in [0.2, 0.25) is 0 Å². The predicted molar refractivity (Wildman–Crippen MR) is 89.1 cm³/mol. The molecule has 6 nitrogen and oxygen atoms in total. The van der Waals surface area contributed by atoms with Gasteiger partial charge in [-0.2, -0.15) is 13.2 Å². The van der Waals surface area contributed by atoms with E-state index in [0.717, 1.165) is 11.3 Å². The van der Waals surface area contributed by atoms with Gasteiger partial charge in [-0.3, -0.25) is 4.79 Å². The second-order valence-electron chi connectivity index (χ2n) is 6.67. The zero-order valence-electron chi connectivity index (χ0n) is 14.6. The van der Waals surface area contributed by atoms with Crippen molar-refractivity contribution in [2.45, 2.75) is 31.5 Å². The van der Waals surface area contributed by atoms with Crippen molar-refractivity contribution in [1.29, 1.82) is 0 Å². The summed E-state index contributed by atoms with van der Waals surface area (Å²) in [5.41, 5.74) is 0.935. The summed E-state index contributed by atoms with van der Waals surface area (Å²) >= 11 is 0. The third kappa shape index (κ3) is 5.05. The van der Waals surface area contributed by atoms with Gasteiger partial charge in [0.15, 0.2) is 6.61 Å². The van der Waals surface area contributed by atoms with E-state index in [-0.39, 0.29) is 31.0 Å². The van der Waals surface area contributed by atoms with Crippen molar-refractivity contribution in [3.63, 3.8) is 0 Å². The fourth-order valence-electron chi connectivity index (χ4n) is 3.34. The lowest BCUT2D eigenvalue weighted by molar-refractivity contribution is -0.162. The van der Waals surface area contributed by atoms with Gasteiger partial charge in [-0.1, -0.05) is 18.2 Å². The number of alkyl halides is 3. The second-order valence-corrected chi connectivity index (χ2v) is 6.67. The molecule has 1 N–H and O–H groups in total. The Morgan fingerprint density at radius 3 is 2.59 bits per heavy atom. The number of rotatable bonds is 3. The smallest absolute Gasteiger partial charge is 0.422 e. The molecule has 2 aliphatic rings. The zero-order valence-corrected chi connectivity index (χ0v) is 14.6. The van der Waals surface area contributed by atoms with Crippen molar-refractivity contribution in [3.8, 4) is 5.75 Å². The Labute approximate surface area is 154 Å². The molecule has 0 radical (unpaired) electrons. The maximum atomic E-state index is 12.6. The van der Waals surface area contributed by atoms with Crippen LogP contribution in [0, 0.1) is 5.92 Å². The number of ether oxygens (including phenoxy) is 2. The zero-order chi connectivity index (χ0) is 19.4. The van der Waals surface area contributed by atoms with E-state index in [9.17, 15) is 22.8 Å². The minimum absolute atomic E-state index is 0.111. The SMILES string of the molecule is O=C(N[C@@H]1CCOc2ccccc21)C1CCN(C(=O)OCC(F)(F)F)CC1. The number of nitrogens with zero attached hydrogens (tertiary/aromatic N) is 1. The third-order valence-electron chi connectivity index (χ3n) is 4.76. The summed E-state index contributed by atoms with van der Waals surface area (Å²) in [6, 6.07) is 7.41. The summed E-state index contributed by atoms with van der Waals surface area (Å²) in [6.07, 6.45) is -4.10. The number of amides is 2. The number of likely N-dealkylation sites (tertiary alicyclic amines) is 1. The number of hydrogen-bond acceptors (Lipinski definition) is 4. The molecule has 0 aliphatic carbocycles. The van der Waals surface area contributed by atoms with Gasteiger partial charge in [0.1, 0.15) is 5.75 Å². The van der Waals surface area contributed by atoms with Gasteiger partial charge in [0, 0.05) is 31.0 Å². The van der Waals surface area contributed by atoms with Crippen LogP contribution in [0.15, 0.2) is 24.3 Å². The van der Waals surface area contributed by atoms with Gasteiger partial charge < -0.3 is 19.7 Å². The van der Waals surface area contributed by atoms with Crippen LogP contribution in [0.5, 0.6) is 5.75 Å². The molecule has 1 fully saturated rings. The fourth-order valence-corrected chi connectivity index (χ4v) is 3.34. The Morgan fingerprint density at radius 2 is 1.89 bits per heavy atom. The predicted octanol–water partition coefficient (Wildman–Crippen LogP) is 3.04. The number of carbonyl (C=O) groups excluding carboxylic acids is 2. The number of para-hydroxylation sites is 1. The van der Waals surface area contributed by atoms with Crippen molar-refractivity contribution < 1.29 is 32.2 Å². The Bertz CT molecular complexity index is 687. The van der Waals surface area contributed by atoms with Crippen LogP contribution in [0.3, 0.4) is 0 Å². The highest BCUT2D eigenvalue weighted by molar-refractivity contribution is 5.79. The quantitative estimate of drug-likeness (QED) is 0.867. The molecule has 0 aromatic heterocycles. The number of halogens is 3. The average Bonchev–Trinajstić information content (AvgIpc) is 2.66. The summed E-state index contributed by atoms with van der Waals surface area (Å²) < 4.78 is 46.2. The van der Waals surface area contributed by atoms with Gasteiger partial charge in [0.2, 0.25) is 5.91 Å². The van der Waals surface area contributed by atoms with E-state index in [4.69, 9.17) is 4.74 Å². The van der Waals surface area contributed by atoms with Crippen LogP contribution in [-0.2, 0) is 9.53 Å². The summed E-state index contributed by atoms with van der Waals surface area (Å²) in [7, 11) is 0. The first kappa shape index (κ1) is 19.3. The van der Waals surface area contributed by atoms with E-state index < -0.39 is 18.9 Å². The van der Waals surface area contributed by atoms with E-state index in [1.807, 2.05) is 24.3 Å². The molecular formula is C18H21F3N2O4. The van der Waals surface area contributed by atoms with Crippen LogP contribution < -0.4 is 10.1 Å². The molecule has 9 heteroatoms. The molecule has 1 aromatic carbocycles. The number of fused-ring (bicyclic) bond motifs is 1. The molecule has 1 aromatic rings. The second kappa shape index (κ2) is 8.06. The van der Waals surface area contributed by atoms with E-state index in [0.29, 0.717) is 25.9 Å². The molecule has 1 saturated heterocycles.